The van der Waals surface area contributed by atoms with E-state index in [2.05, 4.69) is 22.1 Å². The molecule has 0 unspecified atom stereocenters. The number of H-pyrrole nitrogens is 1. The molecule has 0 atom stereocenters. The number of likely N-dealkylation sites (tertiary alicyclic amines) is 1. The molecule has 1 N–H and O–H groups in total. The number of nitrogens with one attached hydrogen (secondary N) is 1. The van der Waals surface area contributed by atoms with E-state index < -0.39 is 0 Å². The van der Waals surface area contributed by atoms with Crippen LogP contribution in [0.5, 0.6) is 11.5 Å². The van der Waals surface area contributed by atoms with Crippen molar-refractivity contribution in [2.75, 3.05) is 20.2 Å². The molecule has 6 heteroatoms. The molecule has 1 saturated carbocycles. The van der Waals surface area contributed by atoms with Gasteiger partial charge in [-0.15, -0.1) is 0 Å². The number of aromatic amines is 1. The summed E-state index contributed by atoms with van der Waals surface area (Å²) in [5.74, 6) is 2.36. The Labute approximate surface area is 188 Å². The van der Waals surface area contributed by atoms with Crippen molar-refractivity contribution in [3.8, 4) is 11.5 Å². The third-order valence-corrected chi connectivity index (χ3v) is 6.92. The highest BCUT2D eigenvalue weighted by atomic mass is 16.5. The maximum Gasteiger partial charge on any atom is 0.253 e. The predicted octanol–water partition coefficient (Wildman–Crippen LogP) is 4.99. The van der Waals surface area contributed by atoms with Crippen molar-refractivity contribution in [1.82, 2.24) is 14.9 Å². The maximum atomic E-state index is 13.0. The predicted molar refractivity (Wildman–Crippen MR) is 124 cm³/mol. The van der Waals surface area contributed by atoms with E-state index >= 15 is 0 Å². The molecular weight excluding hydrogens is 402 g/mol. The molecule has 32 heavy (non-hydrogen) atoms. The van der Waals surface area contributed by atoms with Crippen LogP contribution in [-0.4, -0.2) is 47.1 Å². The first-order valence-corrected chi connectivity index (χ1v) is 11.8. The smallest absolute Gasteiger partial charge is 0.253 e. The highest BCUT2D eigenvalue weighted by Crippen LogP contribution is 2.34. The van der Waals surface area contributed by atoms with Gasteiger partial charge in [0.15, 0.2) is 11.5 Å². The summed E-state index contributed by atoms with van der Waals surface area (Å²) in [6.45, 7) is 1.59. The van der Waals surface area contributed by atoms with Crippen molar-refractivity contribution in [2.24, 2.45) is 5.92 Å². The van der Waals surface area contributed by atoms with Crippen LogP contribution >= 0.6 is 0 Å². The van der Waals surface area contributed by atoms with Gasteiger partial charge in [0.2, 0.25) is 0 Å². The SMILES string of the molecule is COc1ccc(CC2CCN(C(=O)c3ccc4[nH]cnc4c3)CC2)cc1OC1CCCC1. The second-order valence-corrected chi connectivity index (χ2v) is 9.08. The number of amides is 1. The minimum Gasteiger partial charge on any atom is -0.493 e. The van der Waals surface area contributed by atoms with E-state index in [1.165, 1.54) is 18.4 Å². The zero-order valence-electron chi connectivity index (χ0n) is 18.7. The molecule has 0 radical (unpaired) electrons. The average Bonchev–Trinajstić information content (AvgIpc) is 3.51. The van der Waals surface area contributed by atoms with Crippen molar-refractivity contribution in [3.05, 3.63) is 53.9 Å². The zero-order valence-corrected chi connectivity index (χ0v) is 18.7. The highest BCUT2D eigenvalue weighted by Gasteiger charge is 2.25. The quantitative estimate of drug-likeness (QED) is 0.595. The van der Waals surface area contributed by atoms with Gasteiger partial charge < -0.3 is 19.4 Å². The molecule has 6 nitrogen and oxygen atoms in total. The van der Waals surface area contributed by atoms with Crippen LogP contribution in [0.1, 0.15) is 54.4 Å². The lowest BCUT2D eigenvalue weighted by Crippen LogP contribution is -2.38. The monoisotopic (exact) mass is 433 g/mol. The molecule has 2 heterocycles. The number of carbonyl (C=O) groups is 1. The highest BCUT2D eigenvalue weighted by molar-refractivity contribution is 5.97. The number of ether oxygens (including phenoxy) is 2. The Morgan fingerprint density at radius 1 is 1.06 bits per heavy atom. The molecule has 1 amide bonds. The Bertz CT molecular complexity index is 1080. The van der Waals surface area contributed by atoms with Gasteiger partial charge in [-0.25, -0.2) is 4.98 Å². The standard InChI is InChI=1S/C26H31N3O3/c1-31-24-9-6-19(15-25(24)32-21-4-2-3-5-21)14-18-10-12-29(13-11-18)26(30)20-7-8-22-23(16-20)28-17-27-22/h6-9,15-18,21H,2-5,10-14H2,1H3,(H,27,28). The van der Waals surface area contributed by atoms with E-state index in [1.54, 1.807) is 13.4 Å². The Hall–Kier alpha value is -3.02. The molecule has 1 aromatic heterocycles. The third-order valence-electron chi connectivity index (χ3n) is 6.92. The second kappa shape index (κ2) is 9.23. The van der Waals surface area contributed by atoms with Gasteiger partial charge in [0.1, 0.15) is 0 Å². The third kappa shape index (κ3) is 4.45. The van der Waals surface area contributed by atoms with E-state index in [-0.39, 0.29) is 5.91 Å². The van der Waals surface area contributed by atoms with Gasteiger partial charge in [-0.3, -0.25) is 4.79 Å². The Morgan fingerprint density at radius 2 is 1.88 bits per heavy atom. The molecule has 1 aliphatic carbocycles. The zero-order chi connectivity index (χ0) is 21.9. The summed E-state index contributed by atoms with van der Waals surface area (Å²) < 4.78 is 11.8. The first-order chi connectivity index (χ1) is 15.7. The lowest BCUT2D eigenvalue weighted by molar-refractivity contribution is 0.0690. The number of hydrogen-bond acceptors (Lipinski definition) is 4. The minimum absolute atomic E-state index is 0.102. The molecule has 0 bridgehead atoms. The number of nitrogens with zero attached hydrogens (tertiary/aromatic N) is 2. The Morgan fingerprint density at radius 3 is 2.66 bits per heavy atom. The minimum atomic E-state index is 0.102. The Kier molecular flexibility index (Phi) is 6.02. The largest absolute Gasteiger partial charge is 0.493 e. The van der Waals surface area contributed by atoms with E-state index in [0.717, 1.165) is 67.7 Å². The summed E-state index contributed by atoms with van der Waals surface area (Å²) in [5.41, 5.74) is 3.79. The molecule has 2 aliphatic rings. The maximum absolute atomic E-state index is 13.0. The first kappa shape index (κ1) is 20.9. The fourth-order valence-corrected chi connectivity index (χ4v) is 5.05. The lowest BCUT2D eigenvalue weighted by Gasteiger charge is -2.32. The fraction of sp³-hybridized carbons (Fsp3) is 0.462. The molecule has 3 aromatic rings. The molecule has 0 spiro atoms. The van der Waals surface area contributed by atoms with Gasteiger partial charge in [-0.1, -0.05) is 6.07 Å². The number of carbonyl (C=O) groups excluding carboxylic acids is 1. The summed E-state index contributed by atoms with van der Waals surface area (Å²) in [6.07, 6.45) is 9.77. The van der Waals surface area contributed by atoms with Gasteiger partial charge in [0.05, 0.1) is 30.6 Å². The molecule has 168 valence electrons. The van der Waals surface area contributed by atoms with Crippen molar-refractivity contribution < 1.29 is 14.3 Å². The number of imidazole rings is 1. The van der Waals surface area contributed by atoms with Gasteiger partial charge in [0, 0.05) is 18.7 Å². The summed E-state index contributed by atoms with van der Waals surface area (Å²) in [5, 5.41) is 0. The summed E-state index contributed by atoms with van der Waals surface area (Å²) in [6, 6.07) is 12.0. The fourth-order valence-electron chi connectivity index (χ4n) is 5.05. The number of piperidine rings is 1. The van der Waals surface area contributed by atoms with Crippen LogP contribution < -0.4 is 9.47 Å². The lowest BCUT2D eigenvalue weighted by atomic mass is 9.90. The molecule has 2 fully saturated rings. The summed E-state index contributed by atoms with van der Waals surface area (Å²) in [7, 11) is 1.70. The van der Waals surface area contributed by atoms with Crippen molar-refractivity contribution in [1.29, 1.82) is 0 Å². The Balaban J connectivity index is 1.19. The summed E-state index contributed by atoms with van der Waals surface area (Å²) >= 11 is 0. The molecule has 5 rings (SSSR count). The number of methoxy groups -OCH3 is 1. The van der Waals surface area contributed by atoms with Crippen LogP contribution in [0.25, 0.3) is 11.0 Å². The van der Waals surface area contributed by atoms with Crippen LogP contribution in [0.3, 0.4) is 0 Å². The van der Waals surface area contributed by atoms with Crippen molar-refractivity contribution in [3.63, 3.8) is 0 Å². The van der Waals surface area contributed by atoms with E-state index in [4.69, 9.17) is 9.47 Å². The van der Waals surface area contributed by atoms with Gasteiger partial charge in [-0.05, 0) is 86.8 Å². The van der Waals surface area contributed by atoms with Gasteiger partial charge in [0.25, 0.3) is 5.91 Å². The normalized spacial score (nSPS) is 17.7. The number of rotatable bonds is 6. The van der Waals surface area contributed by atoms with E-state index in [0.29, 0.717) is 17.6 Å². The molecule has 2 aromatic carbocycles. The topological polar surface area (TPSA) is 67.5 Å². The molecular formula is C26H31N3O3. The van der Waals surface area contributed by atoms with Crippen molar-refractivity contribution >= 4 is 16.9 Å². The van der Waals surface area contributed by atoms with Crippen LogP contribution in [0.2, 0.25) is 0 Å². The van der Waals surface area contributed by atoms with Gasteiger partial charge in [-0.2, -0.15) is 0 Å². The number of benzene rings is 2. The van der Waals surface area contributed by atoms with Crippen LogP contribution in [-0.2, 0) is 6.42 Å². The van der Waals surface area contributed by atoms with Crippen LogP contribution in [0, 0.1) is 5.92 Å². The molecule has 1 aliphatic heterocycles. The summed E-state index contributed by atoms with van der Waals surface area (Å²) in [4.78, 5) is 22.3. The van der Waals surface area contributed by atoms with E-state index in [9.17, 15) is 4.79 Å². The van der Waals surface area contributed by atoms with Crippen molar-refractivity contribution in [2.45, 2.75) is 51.0 Å². The average molecular weight is 434 g/mol. The van der Waals surface area contributed by atoms with Crippen LogP contribution in [0.15, 0.2) is 42.7 Å². The number of aromatic nitrogens is 2. The first-order valence-electron chi connectivity index (χ1n) is 11.8. The van der Waals surface area contributed by atoms with Crippen LogP contribution in [0.4, 0.5) is 0 Å². The number of fused-ring (bicyclic) bond motifs is 1. The molecule has 1 saturated heterocycles. The van der Waals surface area contributed by atoms with Gasteiger partial charge >= 0.3 is 0 Å². The van der Waals surface area contributed by atoms with E-state index in [1.807, 2.05) is 29.2 Å². The number of hydrogen-bond donors (Lipinski definition) is 1. The second-order valence-electron chi connectivity index (χ2n) is 9.08.